The molecule has 0 aromatic heterocycles. The zero-order chi connectivity index (χ0) is 11.1. The molecule has 1 heteroatoms. The van der Waals surface area contributed by atoms with Gasteiger partial charge in [-0.25, -0.2) is 0 Å². The Morgan fingerprint density at radius 2 is 1.69 bits per heavy atom. The summed E-state index contributed by atoms with van der Waals surface area (Å²) in [5.41, 5.74) is 0.764. The summed E-state index contributed by atoms with van der Waals surface area (Å²) in [7, 11) is 0. The van der Waals surface area contributed by atoms with E-state index in [9.17, 15) is 0 Å². The van der Waals surface area contributed by atoms with Crippen LogP contribution in [0.2, 0.25) is 0 Å². The summed E-state index contributed by atoms with van der Waals surface area (Å²) in [5, 5.41) is 0. The minimum atomic E-state index is 0. The van der Waals surface area contributed by atoms with E-state index in [1.807, 2.05) is 0 Å². The van der Waals surface area contributed by atoms with Gasteiger partial charge < -0.3 is 19.3 Å². The van der Waals surface area contributed by atoms with Crippen molar-refractivity contribution in [3.05, 3.63) is 12.8 Å². The minimum Gasteiger partial charge on any atom is -0.357 e. The molecule has 1 radical (unpaired) electrons. The van der Waals surface area contributed by atoms with Gasteiger partial charge in [0.2, 0.25) is 0 Å². The topological polar surface area (TPSA) is 0 Å². The van der Waals surface area contributed by atoms with Crippen molar-refractivity contribution in [2.24, 2.45) is 11.3 Å². The molecule has 0 amide bonds. The van der Waals surface area contributed by atoms with Gasteiger partial charge in [0.1, 0.15) is 0 Å². The second-order valence-electron chi connectivity index (χ2n) is 5.58. The summed E-state index contributed by atoms with van der Waals surface area (Å²) in [6, 6.07) is 0. The van der Waals surface area contributed by atoms with Crippen LogP contribution in [-0.4, -0.2) is 0 Å². The van der Waals surface area contributed by atoms with E-state index in [4.69, 9.17) is 0 Å². The van der Waals surface area contributed by atoms with Crippen LogP contribution >= 0.6 is 0 Å². The van der Waals surface area contributed by atoms with Gasteiger partial charge in [-0.3, -0.25) is 0 Å². The fourth-order valence-electron chi connectivity index (χ4n) is 2.35. The molecule has 0 N–H and O–H groups in total. The molecule has 93 valence electrons. The van der Waals surface area contributed by atoms with Crippen molar-refractivity contribution in [2.45, 2.75) is 72.1 Å². The summed E-state index contributed by atoms with van der Waals surface area (Å²) in [6.07, 6.45) is 15.9. The quantitative estimate of drug-likeness (QED) is 0.615. The molecular weight excluding hydrogens is 269 g/mol. The smallest absolute Gasteiger partial charge is 0 e. The molecule has 2 aliphatic rings. The number of hydrogen-bond donors (Lipinski definition) is 0. The van der Waals surface area contributed by atoms with Crippen LogP contribution in [0.1, 0.15) is 72.1 Å². The standard InChI is InChI=1S/C8H14.C7H14.Y/c1-2-8-6-4-3-5-7-8;1-3-7(2)5-4-6-7;/h4-5,8H,2-3,6-7H2,1H3;3-6H2,1-2H3;/q-2;;. The molecule has 0 aromatic rings. The van der Waals surface area contributed by atoms with E-state index in [0.29, 0.717) is 0 Å². The van der Waals surface area contributed by atoms with E-state index in [1.165, 1.54) is 51.4 Å². The first kappa shape index (κ1) is 17.1. The van der Waals surface area contributed by atoms with Crippen LogP contribution in [-0.2, 0) is 32.7 Å². The first-order valence-corrected chi connectivity index (χ1v) is 6.83. The zero-order valence-corrected chi connectivity index (χ0v) is 14.3. The molecule has 0 atom stereocenters. The van der Waals surface area contributed by atoms with Gasteiger partial charge in [0.15, 0.2) is 0 Å². The Bertz CT molecular complexity index is 149. The number of hydrogen-bond acceptors (Lipinski definition) is 0. The number of rotatable bonds is 2. The maximum absolute atomic E-state index is 2.39. The van der Waals surface area contributed by atoms with Crippen molar-refractivity contribution >= 4 is 0 Å². The summed E-state index contributed by atoms with van der Waals surface area (Å²) < 4.78 is 0. The van der Waals surface area contributed by atoms with Crippen molar-refractivity contribution < 1.29 is 32.7 Å². The maximum atomic E-state index is 2.39. The maximum Gasteiger partial charge on any atom is 0 e. The van der Waals surface area contributed by atoms with E-state index >= 15 is 0 Å². The Balaban J connectivity index is 0.000000267. The Morgan fingerprint density at radius 3 is 1.88 bits per heavy atom. The van der Waals surface area contributed by atoms with Crippen LogP contribution < -0.4 is 0 Å². The van der Waals surface area contributed by atoms with Crippen LogP contribution in [0.3, 0.4) is 0 Å². The predicted octanol–water partition coefficient (Wildman–Crippen LogP) is 5.19. The second kappa shape index (κ2) is 9.09. The Labute approximate surface area is 128 Å². The molecule has 0 spiro atoms. The Hall–Kier alpha value is 1.10. The Morgan fingerprint density at radius 1 is 1.12 bits per heavy atom. The van der Waals surface area contributed by atoms with Crippen LogP contribution in [0.15, 0.2) is 0 Å². The summed E-state index contributed by atoms with van der Waals surface area (Å²) in [5.74, 6) is 0.976. The molecule has 0 saturated heterocycles. The van der Waals surface area contributed by atoms with E-state index in [1.54, 1.807) is 0 Å². The van der Waals surface area contributed by atoms with E-state index in [0.717, 1.165) is 11.3 Å². The largest absolute Gasteiger partial charge is 0.357 e. The van der Waals surface area contributed by atoms with Crippen molar-refractivity contribution in [3.8, 4) is 0 Å². The monoisotopic (exact) mass is 297 g/mol. The van der Waals surface area contributed by atoms with E-state index < -0.39 is 0 Å². The predicted molar refractivity (Wildman–Crippen MR) is 68.5 cm³/mol. The third-order valence-electron chi connectivity index (χ3n) is 4.32. The third kappa shape index (κ3) is 6.15. The molecule has 0 nitrogen and oxygen atoms in total. The Kier molecular flexibility index (Phi) is 9.72. The second-order valence-corrected chi connectivity index (χ2v) is 5.58. The van der Waals surface area contributed by atoms with Gasteiger partial charge in [0.25, 0.3) is 0 Å². The summed E-state index contributed by atoms with van der Waals surface area (Å²) in [4.78, 5) is 0. The first-order valence-electron chi connectivity index (χ1n) is 6.83. The van der Waals surface area contributed by atoms with Crippen LogP contribution in [0, 0.1) is 24.2 Å². The average molecular weight is 297 g/mol. The van der Waals surface area contributed by atoms with E-state index in [2.05, 4.69) is 33.6 Å². The van der Waals surface area contributed by atoms with Gasteiger partial charge in [-0.05, 0) is 18.3 Å². The van der Waals surface area contributed by atoms with E-state index in [-0.39, 0.29) is 32.7 Å². The van der Waals surface area contributed by atoms with Gasteiger partial charge in [0, 0.05) is 32.7 Å². The molecule has 16 heavy (non-hydrogen) atoms. The van der Waals surface area contributed by atoms with Gasteiger partial charge in [-0.2, -0.15) is 12.8 Å². The van der Waals surface area contributed by atoms with Crippen molar-refractivity contribution in [2.75, 3.05) is 0 Å². The molecule has 0 unspecified atom stereocenters. The minimum absolute atomic E-state index is 0. The summed E-state index contributed by atoms with van der Waals surface area (Å²) >= 11 is 0. The van der Waals surface area contributed by atoms with Gasteiger partial charge in [-0.1, -0.05) is 46.0 Å². The van der Waals surface area contributed by atoms with Crippen LogP contribution in [0.25, 0.3) is 0 Å². The van der Waals surface area contributed by atoms with Gasteiger partial charge in [0.05, 0.1) is 0 Å². The third-order valence-corrected chi connectivity index (χ3v) is 4.32. The van der Waals surface area contributed by atoms with Gasteiger partial charge >= 0.3 is 0 Å². The molecule has 0 aliphatic heterocycles. The van der Waals surface area contributed by atoms with Gasteiger partial charge in [-0.15, -0.1) is 0 Å². The molecular formula is C15H28Y-2. The van der Waals surface area contributed by atoms with Crippen molar-refractivity contribution in [1.29, 1.82) is 0 Å². The fourth-order valence-corrected chi connectivity index (χ4v) is 2.35. The van der Waals surface area contributed by atoms with Crippen LogP contribution in [0.5, 0.6) is 0 Å². The molecule has 0 heterocycles. The molecule has 0 aromatic carbocycles. The van der Waals surface area contributed by atoms with Crippen molar-refractivity contribution in [3.63, 3.8) is 0 Å². The summed E-state index contributed by atoms with van der Waals surface area (Å²) in [6.45, 7) is 6.95. The zero-order valence-electron chi connectivity index (χ0n) is 11.5. The molecule has 2 rings (SSSR count). The average Bonchev–Trinajstić information content (AvgIpc) is 2.28. The molecule has 2 fully saturated rings. The van der Waals surface area contributed by atoms with Crippen molar-refractivity contribution in [1.82, 2.24) is 0 Å². The molecule has 2 aliphatic carbocycles. The first-order chi connectivity index (χ1) is 7.20. The van der Waals surface area contributed by atoms with Crippen LogP contribution in [0.4, 0.5) is 0 Å². The SMILES string of the molecule is CCC1(C)CCC1.CCC1C[CH-]C[CH-]C1.[Y]. The fraction of sp³-hybridized carbons (Fsp3) is 0.867. The molecule has 2 saturated carbocycles. The molecule has 0 bridgehead atoms. The normalized spacial score (nSPS) is 23.4.